The van der Waals surface area contributed by atoms with Crippen LogP contribution in [0.4, 0.5) is 11.4 Å². The highest BCUT2D eigenvalue weighted by Gasteiger charge is 2.29. The first-order valence-corrected chi connectivity index (χ1v) is 8.47. The van der Waals surface area contributed by atoms with Crippen LogP contribution in [-0.4, -0.2) is 16.8 Å². The molecular weight excluding hydrogens is 338 g/mol. The van der Waals surface area contributed by atoms with Crippen LogP contribution in [0.3, 0.4) is 0 Å². The Labute approximate surface area is 149 Å². The van der Waals surface area contributed by atoms with E-state index in [9.17, 15) is 9.59 Å². The summed E-state index contributed by atoms with van der Waals surface area (Å²) in [7, 11) is 0. The zero-order valence-corrected chi connectivity index (χ0v) is 14.1. The molecule has 4 rings (SSSR count). The third-order valence-corrected chi connectivity index (χ3v) is 4.42. The maximum Gasteiger partial charge on any atom is 0.272 e. The molecule has 1 saturated carbocycles. The predicted octanol–water partition coefficient (Wildman–Crippen LogP) is 4.42. The molecule has 1 aliphatic rings. The number of halogens is 1. The molecule has 0 atom stereocenters. The van der Waals surface area contributed by atoms with Crippen molar-refractivity contribution in [3.63, 3.8) is 0 Å². The number of carbonyl (C=O) groups is 2. The molecule has 3 N–H and O–H groups in total. The Bertz CT molecular complexity index is 958. The number of anilines is 2. The Morgan fingerprint density at radius 3 is 2.32 bits per heavy atom. The van der Waals surface area contributed by atoms with E-state index in [1.165, 1.54) is 0 Å². The van der Waals surface area contributed by atoms with Crippen molar-refractivity contribution in [1.82, 2.24) is 4.98 Å². The minimum atomic E-state index is -0.234. The van der Waals surface area contributed by atoms with E-state index in [1.54, 1.807) is 36.4 Å². The van der Waals surface area contributed by atoms with Crippen LogP contribution >= 0.6 is 11.6 Å². The minimum absolute atomic E-state index is 0.0634. The molecule has 0 bridgehead atoms. The van der Waals surface area contributed by atoms with E-state index in [0.717, 1.165) is 29.4 Å². The SMILES string of the molecule is O=C(Nc1ccc(NC(=O)C2CC2)cc1)c1cc2cc(Cl)ccc2[nH]1. The van der Waals surface area contributed by atoms with Gasteiger partial charge in [-0.15, -0.1) is 0 Å². The normalized spacial score (nSPS) is 13.6. The maximum atomic E-state index is 12.4. The van der Waals surface area contributed by atoms with Gasteiger partial charge < -0.3 is 15.6 Å². The maximum absolute atomic E-state index is 12.4. The van der Waals surface area contributed by atoms with Crippen LogP contribution in [0, 0.1) is 5.92 Å². The lowest BCUT2D eigenvalue weighted by molar-refractivity contribution is -0.117. The molecule has 2 amide bonds. The Morgan fingerprint density at radius 1 is 0.960 bits per heavy atom. The fourth-order valence-electron chi connectivity index (χ4n) is 2.65. The topological polar surface area (TPSA) is 74.0 Å². The molecule has 0 aliphatic heterocycles. The molecule has 2 aromatic carbocycles. The summed E-state index contributed by atoms with van der Waals surface area (Å²) in [4.78, 5) is 27.2. The van der Waals surface area contributed by atoms with Gasteiger partial charge >= 0.3 is 0 Å². The molecular formula is C19H16ClN3O2. The lowest BCUT2D eigenvalue weighted by atomic mass is 10.2. The van der Waals surface area contributed by atoms with Crippen molar-refractivity contribution in [2.24, 2.45) is 5.92 Å². The Kier molecular flexibility index (Phi) is 3.93. The van der Waals surface area contributed by atoms with E-state index in [2.05, 4.69) is 15.6 Å². The van der Waals surface area contributed by atoms with E-state index in [-0.39, 0.29) is 17.7 Å². The van der Waals surface area contributed by atoms with Crippen LogP contribution in [0.5, 0.6) is 0 Å². The number of carbonyl (C=O) groups excluding carboxylic acids is 2. The first-order chi connectivity index (χ1) is 12.1. The zero-order chi connectivity index (χ0) is 17.4. The van der Waals surface area contributed by atoms with E-state index in [0.29, 0.717) is 16.4 Å². The first-order valence-electron chi connectivity index (χ1n) is 8.09. The van der Waals surface area contributed by atoms with Gasteiger partial charge in [-0.3, -0.25) is 9.59 Å². The summed E-state index contributed by atoms with van der Waals surface area (Å²) >= 11 is 5.97. The molecule has 1 aromatic heterocycles. The summed E-state index contributed by atoms with van der Waals surface area (Å²) in [5.41, 5.74) is 2.71. The van der Waals surface area contributed by atoms with Crippen LogP contribution < -0.4 is 10.6 Å². The molecule has 126 valence electrons. The molecule has 5 nitrogen and oxygen atoms in total. The van der Waals surface area contributed by atoms with Crippen molar-refractivity contribution in [2.75, 3.05) is 10.6 Å². The van der Waals surface area contributed by atoms with E-state index in [1.807, 2.05) is 12.1 Å². The molecule has 0 saturated heterocycles. The van der Waals surface area contributed by atoms with E-state index < -0.39 is 0 Å². The number of benzene rings is 2. The van der Waals surface area contributed by atoms with Crippen molar-refractivity contribution in [1.29, 1.82) is 0 Å². The fourth-order valence-corrected chi connectivity index (χ4v) is 2.83. The third kappa shape index (κ3) is 3.51. The summed E-state index contributed by atoms with van der Waals surface area (Å²) in [6.07, 6.45) is 1.94. The zero-order valence-electron chi connectivity index (χ0n) is 13.3. The molecule has 25 heavy (non-hydrogen) atoms. The summed E-state index contributed by atoms with van der Waals surface area (Å²) in [6, 6.07) is 14.3. The van der Waals surface area contributed by atoms with Gasteiger partial charge in [0.2, 0.25) is 5.91 Å². The first kappa shape index (κ1) is 15.7. The number of hydrogen-bond acceptors (Lipinski definition) is 2. The predicted molar refractivity (Wildman–Crippen MR) is 99.1 cm³/mol. The van der Waals surface area contributed by atoms with Gasteiger partial charge in [-0.1, -0.05) is 11.6 Å². The van der Waals surface area contributed by atoms with Crippen molar-refractivity contribution in [3.8, 4) is 0 Å². The average molecular weight is 354 g/mol. The quantitative estimate of drug-likeness (QED) is 0.649. The van der Waals surface area contributed by atoms with Gasteiger partial charge in [-0.05, 0) is 61.4 Å². The van der Waals surface area contributed by atoms with Crippen LogP contribution in [0.2, 0.25) is 5.02 Å². The second-order valence-corrected chi connectivity index (χ2v) is 6.65. The second-order valence-electron chi connectivity index (χ2n) is 6.21. The number of H-pyrrole nitrogens is 1. The molecule has 0 unspecified atom stereocenters. The van der Waals surface area contributed by atoms with Gasteiger partial charge in [0.15, 0.2) is 0 Å². The Morgan fingerprint density at radius 2 is 1.64 bits per heavy atom. The summed E-state index contributed by atoms with van der Waals surface area (Å²) in [6.45, 7) is 0. The summed E-state index contributed by atoms with van der Waals surface area (Å²) in [5.74, 6) is -0.00879. The van der Waals surface area contributed by atoms with Crippen molar-refractivity contribution >= 4 is 45.7 Å². The fraction of sp³-hybridized carbons (Fsp3) is 0.158. The van der Waals surface area contributed by atoms with Gasteiger partial charge in [0, 0.05) is 33.2 Å². The summed E-state index contributed by atoms with van der Waals surface area (Å²) < 4.78 is 0. The van der Waals surface area contributed by atoms with Crippen LogP contribution in [0.1, 0.15) is 23.3 Å². The van der Waals surface area contributed by atoms with Crippen molar-refractivity contribution in [3.05, 3.63) is 59.2 Å². The van der Waals surface area contributed by atoms with Crippen LogP contribution in [0.25, 0.3) is 10.9 Å². The molecule has 6 heteroatoms. The highest BCUT2D eigenvalue weighted by atomic mass is 35.5. The molecule has 1 aliphatic carbocycles. The monoisotopic (exact) mass is 353 g/mol. The van der Waals surface area contributed by atoms with E-state index in [4.69, 9.17) is 11.6 Å². The van der Waals surface area contributed by atoms with Crippen LogP contribution in [0.15, 0.2) is 48.5 Å². The number of aromatic nitrogens is 1. The molecule has 3 aromatic rings. The number of amides is 2. The second kappa shape index (κ2) is 6.26. The number of fused-ring (bicyclic) bond motifs is 1. The van der Waals surface area contributed by atoms with Gasteiger partial charge in [0.05, 0.1) is 0 Å². The smallest absolute Gasteiger partial charge is 0.272 e. The molecule has 0 radical (unpaired) electrons. The van der Waals surface area contributed by atoms with Gasteiger partial charge in [0.1, 0.15) is 5.69 Å². The highest BCUT2D eigenvalue weighted by Crippen LogP contribution is 2.30. The standard InChI is InChI=1S/C19H16ClN3O2/c20-13-3-8-16-12(9-13)10-17(23-16)19(25)22-15-6-4-14(5-7-15)21-18(24)11-1-2-11/h3-11,23H,1-2H2,(H,21,24)(H,22,25). The average Bonchev–Trinajstić information content (AvgIpc) is 3.36. The van der Waals surface area contributed by atoms with Gasteiger partial charge in [-0.2, -0.15) is 0 Å². The van der Waals surface area contributed by atoms with Crippen molar-refractivity contribution < 1.29 is 9.59 Å². The van der Waals surface area contributed by atoms with Crippen molar-refractivity contribution in [2.45, 2.75) is 12.8 Å². The lowest BCUT2D eigenvalue weighted by Gasteiger charge is -2.07. The number of nitrogens with one attached hydrogen (secondary N) is 3. The highest BCUT2D eigenvalue weighted by molar-refractivity contribution is 6.31. The largest absolute Gasteiger partial charge is 0.351 e. The van der Waals surface area contributed by atoms with E-state index >= 15 is 0 Å². The van der Waals surface area contributed by atoms with Crippen LogP contribution in [-0.2, 0) is 4.79 Å². The third-order valence-electron chi connectivity index (χ3n) is 4.19. The summed E-state index contributed by atoms with van der Waals surface area (Å²) in [5, 5.41) is 7.21. The molecule has 1 fully saturated rings. The number of hydrogen-bond donors (Lipinski definition) is 3. The number of rotatable bonds is 4. The lowest BCUT2D eigenvalue weighted by Crippen LogP contribution is -2.14. The van der Waals surface area contributed by atoms with Gasteiger partial charge in [0.25, 0.3) is 5.91 Å². The molecule has 1 heterocycles. The number of aromatic amines is 1. The van der Waals surface area contributed by atoms with Gasteiger partial charge in [-0.25, -0.2) is 0 Å². The molecule has 0 spiro atoms. The minimum Gasteiger partial charge on any atom is -0.351 e. The Balaban J connectivity index is 1.44. The Hall–Kier alpha value is -2.79.